The summed E-state index contributed by atoms with van der Waals surface area (Å²) in [5.74, 6) is 0. The second-order valence-electron chi connectivity index (χ2n) is 9.57. The molecule has 0 spiro atoms. The Morgan fingerprint density at radius 3 is 2.83 bits per heavy atom. The summed E-state index contributed by atoms with van der Waals surface area (Å²) < 4.78 is 3.22. The Morgan fingerprint density at radius 1 is 1.29 bits per heavy atom. The van der Waals surface area contributed by atoms with E-state index in [1.807, 2.05) is 0 Å². The molecule has 5 rings (SSSR count). The van der Waals surface area contributed by atoms with Gasteiger partial charge in [-0.1, -0.05) is 13.0 Å². The molecule has 35 heavy (non-hydrogen) atoms. The fourth-order valence-corrected chi connectivity index (χ4v) is 6.20. The third kappa shape index (κ3) is 4.11. The van der Waals surface area contributed by atoms with Crippen LogP contribution in [0.5, 0.6) is 0 Å². The van der Waals surface area contributed by atoms with Gasteiger partial charge in [0.2, 0.25) is 0 Å². The van der Waals surface area contributed by atoms with Gasteiger partial charge in [0.15, 0.2) is 0 Å². The third-order valence-electron chi connectivity index (χ3n) is 7.29. The Hall–Kier alpha value is -3.22. The number of pyridine rings is 2. The van der Waals surface area contributed by atoms with E-state index in [-0.39, 0.29) is 24.2 Å². The molecule has 4 aromatic rings. The average Bonchev–Trinajstić information content (AvgIpc) is 3.43. The van der Waals surface area contributed by atoms with Crippen LogP contribution < -0.4 is 10.5 Å². The molecule has 0 amide bonds. The van der Waals surface area contributed by atoms with Crippen LogP contribution in [-0.2, 0) is 13.6 Å². The lowest BCUT2D eigenvalue weighted by molar-refractivity contribution is 0.104. The number of hydrogen-bond donors (Lipinski definition) is 0. The molecule has 1 fully saturated rings. The van der Waals surface area contributed by atoms with Gasteiger partial charge in [0.25, 0.3) is 5.56 Å². The molecule has 0 aliphatic carbocycles. The predicted octanol–water partition coefficient (Wildman–Crippen LogP) is 4.23. The molecule has 5 heterocycles. The topological polar surface area (TPSA) is 83.0 Å². The average molecular weight is 490 g/mol. The lowest BCUT2D eigenvalue weighted by Gasteiger charge is -2.48. The molecule has 1 saturated heterocycles. The molecule has 8 nitrogen and oxygen atoms in total. The maximum Gasteiger partial charge on any atom is 0.252 e. The molecule has 3 atom stereocenters. The van der Waals surface area contributed by atoms with Gasteiger partial charge in [-0.2, -0.15) is 10.4 Å². The third-order valence-corrected chi connectivity index (χ3v) is 8.25. The first kappa shape index (κ1) is 23.5. The largest absolute Gasteiger partial charge is 0.364 e. The van der Waals surface area contributed by atoms with E-state index >= 15 is 0 Å². The van der Waals surface area contributed by atoms with Crippen LogP contribution in [0.2, 0.25) is 0 Å². The normalized spacial score (nSPS) is 19.9. The van der Waals surface area contributed by atoms with Crippen molar-refractivity contribution in [3.63, 3.8) is 0 Å². The van der Waals surface area contributed by atoms with Crippen molar-refractivity contribution in [2.45, 2.75) is 58.8 Å². The number of hydrogen-bond acceptors (Lipinski definition) is 7. The van der Waals surface area contributed by atoms with Gasteiger partial charge >= 0.3 is 0 Å². The zero-order valence-electron chi connectivity index (χ0n) is 20.9. The Balaban J connectivity index is 1.48. The number of aromatic nitrogens is 4. The van der Waals surface area contributed by atoms with Crippen LogP contribution >= 0.6 is 11.3 Å². The van der Waals surface area contributed by atoms with Crippen LogP contribution in [0.25, 0.3) is 21.3 Å². The number of fused-ring (bicyclic) bond motifs is 2. The van der Waals surface area contributed by atoms with Crippen LogP contribution in [0, 0.1) is 18.3 Å². The summed E-state index contributed by atoms with van der Waals surface area (Å²) in [5, 5.41) is 15.0. The Labute approximate surface area is 209 Å². The van der Waals surface area contributed by atoms with Gasteiger partial charge in [0.05, 0.1) is 29.2 Å². The maximum absolute atomic E-state index is 12.8. The van der Waals surface area contributed by atoms with E-state index in [1.54, 1.807) is 39.9 Å². The van der Waals surface area contributed by atoms with Crippen molar-refractivity contribution in [1.29, 1.82) is 5.26 Å². The number of nitrogens with zero attached hydrogens (tertiary/aromatic N) is 7. The summed E-state index contributed by atoms with van der Waals surface area (Å²) in [5.41, 5.74) is 3.41. The highest BCUT2D eigenvalue weighted by Crippen LogP contribution is 2.34. The first-order valence-corrected chi connectivity index (χ1v) is 13.0. The van der Waals surface area contributed by atoms with E-state index in [0.29, 0.717) is 6.04 Å². The lowest BCUT2D eigenvalue weighted by Crippen LogP contribution is -2.58. The fourth-order valence-electron chi connectivity index (χ4n) is 5.31. The number of anilines is 1. The van der Waals surface area contributed by atoms with Gasteiger partial charge in [-0.25, -0.2) is 4.98 Å². The molecule has 1 aliphatic rings. The SMILES string of the molecule is CC[C@@H]1CN(c2cc(=O)n(C)c3cn(CC#N)nc23)[C@@H](C)CN1C(C)c1ccc2cc(C)sc2n1. The van der Waals surface area contributed by atoms with E-state index in [9.17, 15) is 4.79 Å². The molecule has 1 unspecified atom stereocenters. The molecular formula is C26H31N7OS. The minimum atomic E-state index is -0.0659. The first-order chi connectivity index (χ1) is 16.8. The number of rotatable bonds is 5. The second kappa shape index (κ2) is 9.10. The fraction of sp³-hybridized carbons (Fsp3) is 0.462. The predicted molar refractivity (Wildman–Crippen MR) is 141 cm³/mol. The van der Waals surface area contributed by atoms with Crippen molar-refractivity contribution in [1.82, 2.24) is 24.2 Å². The maximum atomic E-state index is 12.8. The quantitative estimate of drug-likeness (QED) is 0.417. The zero-order chi connectivity index (χ0) is 24.9. The molecule has 1 aliphatic heterocycles. The van der Waals surface area contributed by atoms with Crippen LogP contribution in [0.4, 0.5) is 5.69 Å². The second-order valence-corrected chi connectivity index (χ2v) is 10.8. The molecule has 9 heteroatoms. The van der Waals surface area contributed by atoms with Gasteiger partial charge in [-0.15, -0.1) is 11.3 Å². The van der Waals surface area contributed by atoms with Crippen molar-refractivity contribution in [2.75, 3.05) is 18.0 Å². The highest BCUT2D eigenvalue weighted by atomic mass is 32.1. The standard InChI is InChI=1S/C26H31N7OS/c1-6-20-14-32(22-12-24(34)30(5)23-15-31(10-9-27)29-25(22)23)16(2)13-33(20)18(4)21-8-7-19-11-17(3)35-26(19)28-21/h7-8,11-12,15-16,18,20H,6,10,13-14H2,1-5H3/t16-,18?,20+/m0/s1. The molecule has 0 saturated carbocycles. The van der Waals surface area contributed by atoms with E-state index < -0.39 is 0 Å². The summed E-state index contributed by atoms with van der Waals surface area (Å²) in [6.07, 6.45) is 2.78. The first-order valence-electron chi connectivity index (χ1n) is 12.1. The Bertz CT molecular complexity index is 1490. The van der Waals surface area contributed by atoms with Crippen LogP contribution in [0.1, 0.15) is 43.8 Å². The monoisotopic (exact) mass is 489 g/mol. The van der Waals surface area contributed by atoms with E-state index in [4.69, 9.17) is 10.2 Å². The van der Waals surface area contributed by atoms with Crippen molar-refractivity contribution in [2.24, 2.45) is 7.05 Å². The van der Waals surface area contributed by atoms with Crippen LogP contribution in [0.3, 0.4) is 0 Å². The highest BCUT2D eigenvalue weighted by Gasteiger charge is 2.35. The lowest BCUT2D eigenvalue weighted by atomic mass is 10.00. The van der Waals surface area contributed by atoms with Crippen molar-refractivity contribution >= 4 is 38.3 Å². The van der Waals surface area contributed by atoms with Crippen molar-refractivity contribution in [3.05, 3.63) is 51.4 Å². The molecule has 0 radical (unpaired) electrons. The van der Waals surface area contributed by atoms with Gasteiger partial charge < -0.3 is 9.47 Å². The summed E-state index contributed by atoms with van der Waals surface area (Å²) in [6, 6.07) is 11.1. The smallest absolute Gasteiger partial charge is 0.252 e. The van der Waals surface area contributed by atoms with Gasteiger partial charge in [-0.3, -0.25) is 14.4 Å². The molecule has 0 bridgehead atoms. The minimum Gasteiger partial charge on any atom is -0.364 e. The Kier molecular flexibility index (Phi) is 6.11. The van der Waals surface area contributed by atoms with Crippen molar-refractivity contribution in [3.8, 4) is 6.07 Å². The van der Waals surface area contributed by atoms with Gasteiger partial charge in [-0.05, 0) is 39.3 Å². The van der Waals surface area contributed by atoms with E-state index in [0.717, 1.165) is 46.8 Å². The number of aryl methyl sites for hydroxylation is 2. The molecule has 182 valence electrons. The number of piperazine rings is 1. The van der Waals surface area contributed by atoms with Gasteiger partial charge in [0.1, 0.15) is 16.9 Å². The zero-order valence-corrected chi connectivity index (χ0v) is 21.7. The highest BCUT2D eigenvalue weighted by molar-refractivity contribution is 7.18. The summed E-state index contributed by atoms with van der Waals surface area (Å²) in [6.45, 7) is 10.6. The van der Waals surface area contributed by atoms with Crippen molar-refractivity contribution < 1.29 is 0 Å². The van der Waals surface area contributed by atoms with Crippen LogP contribution in [0.15, 0.2) is 35.3 Å². The minimum absolute atomic E-state index is 0.0659. The van der Waals surface area contributed by atoms with Gasteiger partial charge in [0, 0.05) is 54.6 Å². The summed E-state index contributed by atoms with van der Waals surface area (Å²) in [7, 11) is 1.75. The Morgan fingerprint density at radius 2 is 2.09 bits per heavy atom. The molecule has 0 N–H and O–H groups in total. The van der Waals surface area contributed by atoms with Crippen LogP contribution in [-0.4, -0.2) is 49.4 Å². The molecule has 4 aromatic heterocycles. The summed E-state index contributed by atoms with van der Waals surface area (Å²) in [4.78, 5) is 25.1. The van der Waals surface area contributed by atoms with E-state index in [2.05, 4.69) is 66.9 Å². The summed E-state index contributed by atoms with van der Waals surface area (Å²) >= 11 is 1.75. The van der Waals surface area contributed by atoms with E-state index in [1.165, 1.54) is 10.3 Å². The number of nitriles is 1. The molecule has 0 aromatic carbocycles. The molecular weight excluding hydrogens is 458 g/mol. The number of thiophene rings is 1.